The van der Waals surface area contributed by atoms with E-state index in [1.165, 1.54) is 6.20 Å². The first-order chi connectivity index (χ1) is 13.6. The number of halogens is 2. The average Bonchev–Trinajstić information content (AvgIpc) is 2.67. The Morgan fingerprint density at radius 1 is 1.28 bits per heavy atom. The van der Waals surface area contributed by atoms with Crippen LogP contribution in [0.5, 0.6) is 5.75 Å². The van der Waals surface area contributed by atoms with Crippen LogP contribution >= 0.6 is 0 Å². The maximum absolute atomic E-state index is 13.8. The highest BCUT2D eigenvalue weighted by atomic mass is 32.2. The third-order valence-electron chi connectivity index (χ3n) is 4.82. The van der Waals surface area contributed by atoms with Gasteiger partial charge in [-0.3, -0.25) is 4.98 Å². The quantitative estimate of drug-likeness (QED) is 0.772. The number of aromatic nitrogens is 1. The van der Waals surface area contributed by atoms with Crippen LogP contribution in [0.15, 0.2) is 42.6 Å². The van der Waals surface area contributed by atoms with Crippen LogP contribution in [0.3, 0.4) is 0 Å². The summed E-state index contributed by atoms with van der Waals surface area (Å²) in [6.45, 7) is -0.0166. The van der Waals surface area contributed by atoms with Gasteiger partial charge in [-0.15, -0.1) is 0 Å². The highest BCUT2D eigenvalue weighted by Gasteiger charge is 2.42. The lowest BCUT2D eigenvalue weighted by Crippen LogP contribution is -2.48. The molecule has 1 aromatic heterocycles. The number of pyridine rings is 1. The van der Waals surface area contributed by atoms with Crippen LogP contribution in [0, 0.1) is 17.2 Å². The Labute approximate surface area is 168 Å². The fraction of sp³-hybridized carbons (Fsp3) is 0.400. The molecule has 0 saturated heterocycles. The molecule has 0 spiro atoms. The highest BCUT2D eigenvalue weighted by molar-refractivity contribution is 7.88. The molecule has 1 heterocycles. The van der Waals surface area contributed by atoms with Gasteiger partial charge in [0.15, 0.2) is 0 Å². The van der Waals surface area contributed by atoms with Crippen LogP contribution < -0.4 is 9.46 Å². The molecule has 2 aromatic rings. The van der Waals surface area contributed by atoms with Gasteiger partial charge in [0.05, 0.1) is 24.1 Å². The van der Waals surface area contributed by atoms with Crippen molar-refractivity contribution in [3.63, 3.8) is 0 Å². The lowest BCUT2D eigenvalue weighted by atomic mass is 9.83. The summed E-state index contributed by atoms with van der Waals surface area (Å²) in [7, 11) is -3.50. The zero-order valence-electron chi connectivity index (χ0n) is 15.8. The Morgan fingerprint density at radius 2 is 2.00 bits per heavy atom. The molecule has 29 heavy (non-hydrogen) atoms. The van der Waals surface area contributed by atoms with Crippen molar-refractivity contribution in [1.82, 2.24) is 9.71 Å². The van der Waals surface area contributed by atoms with Crippen molar-refractivity contribution < 1.29 is 21.9 Å². The van der Waals surface area contributed by atoms with Gasteiger partial charge in [-0.1, -0.05) is 0 Å². The third-order valence-corrected chi connectivity index (χ3v) is 5.55. The monoisotopic (exact) mass is 421 g/mol. The fourth-order valence-electron chi connectivity index (χ4n) is 3.39. The van der Waals surface area contributed by atoms with Crippen LogP contribution in [0.1, 0.15) is 24.8 Å². The molecule has 1 aliphatic rings. The first-order valence-electron chi connectivity index (χ1n) is 9.10. The Morgan fingerprint density at radius 3 is 2.59 bits per heavy atom. The smallest absolute Gasteiger partial charge is 0.248 e. The molecule has 0 amide bonds. The van der Waals surface area contributed by atoms with E-state index in [9.17, 15) is 17.2 Å². The lowest BCUT2D eigenvalue weighted by Gasteiger charge is -2.35. The molecule has 3 rings (SSSR count). The number of sulfonamides is 1. The second-order valence-corrected chi connectivity index (χ2v) is 9.01. The summed E-state index contributed by atoms with van der Waals surface area (Å²) < 4.78 is 58.8. The van der Waals surface area contributed by atoms with Crippen molar-refractivity contribution >= 4 is 10.0 Å². The Balaban J connectivity index is 1.66. The van der Waals surface area contributed by atoms with E-state index in [-0.39, 0.29) is 19.4 Å². The highest BCUT2D eigenvalue weighted by Crippen LogP contribution is 2.37. The normalized spacial score (nSPS) is 21.3. The summed E-state index contributed by atoms with van der Waals surface area (Å²) in [6.07, 6.45) is 1.80. The van der Waals surface area contributed by atoms with Crippen molar-refractivity contribution in [3.05, 3.63) is 48.2 Å². The van der Waals surface area contributed by atoms with Gasteiger partial charge < -0.3 is 4.74 Å². The number of hydrogen-bond donors (Lipinski definition) is 1. The first-order valence-corrected chi connectivity index (χ1v) is 11.0. The molecule has 1 fully saturated rings. The molecule has 0 bridgehead atoms. The van der Waals surface area contributed by atoms with Gasteiger partial charge in [0, 0.05) is 36.6 Å². The number of hydrogen-bond acceptors (Lipinski definition) is 5. The van der Waals surface area contributed by atoms with Crippen LogP contribution in [-0.4, -0.2) is 38.2 Å². The number of ether oxygens (including phenoxy) is 1. The summed E-state index contributed by atoms with van der Waals surface area (Å²) >= 11 is 0. The van der Waals surface area contributed by atoms with E-state index >= 15 is 0 Å². The molecule has 9 heteroatoms. The minimum Gasteiger partial charge on any atom is -0.493 e. The maximum Gasteiger partial charge on any atom is 0.248 e. The minimum atomic E-state index is -3.50. The van der Waals surface area contributed by atoms with Crippen LogP contribution in [-0.2, 0) is 10.0 Å². The number of nitriles is 1. The third kappa shape index (κ3) is 5.95. The summed E-state index contributed by atoms with van der Waals surface area (Å²) in [4.78, 5) is 4.22. The summed E-state index contributed by atoms with van der Waals surface area (Å²) in [5.41, 5.74) is 1.98. The van der Waals surface area contributed by atoms with Gasteiger partial charge >= 0.3 is 0 Å². The van der Waals surface area contributed by atoms with Crippen molar-refractivity contribution in [3.8, 4) is 23.1 Å². The van der Waals surface area contributed by atoms with Crippen LogP contribution in [0.25, 0.3) is 11.3 Å². The number of alkyl halides is 2. The SMILES string of the molecule is CS(=O)(=O)NC1CCC(F)(F)CC1COc1ccc(-c2ccc(C#N)cn2)cc1. The summed E-state index contributed by atoms with van der Waals surface area (Å²) in [5, 5.41) is 8.82. The largest absolute Gasteiger partial charge is 0.493 e. The number of rotatable bonds is 6. The zero-order chi connectivity index (χ0) is 21.1. The Kier molecular flexibility index (Phi) is 6.15. The van der Waals surface area contributed by atoms with E-state index in [4.69, 9.17) is 10.00 Å². The predicted molar refractivity (Wildman–Crippen MR) is 104 cm³/mol. The Hall–Kier alpha value is -2.57. The molecule has 6 nitrogen and oxygen atoms in total. The summed E-state index contributed by atoms with van der Waals surface area (Å²) in [6, 6.07) is 11.8. The molecule has 0 radical (unpaired) electrons. The van der Waals surface area contributed by atoms with E-state index in [1.807, 2.05) is 6.07 Å². The molecule has 2 atom stereocenters. The van der Waals surface area contributed by atoms with Crippen molar-refractivity contribution in [1.29, 1.82) is 5.26 Å². The van der Waals surface area contributed by atoms with Crippen LogP contribution in [0.2, 0.25) is 0 Å². The van der Waals surface area contributed by atoms with Gasteiger partial charge in [0.1, 0.15) is 11.8 Å². The second kappa shape index (κ2) is 8.43. The standard InChI is InChI=1S/C20H21F2N3O3S/c1-29(26,27)25-19-8-9-20(21,22)10-16(19)13-28-17-5-3-15(4-6-17)18-7-2-14(11-23)12-24-18/h2-7,12,16,19,25H,8-10,13H2,1H3. The predicted octanol–water partition coefficient (Wildman–Crippen LogP) is 3.35. The van der Waals surface area contributed by atoms with Gasteiger partial charge in [-0.2, -0.15) is 5.26 Å². The van der Waals surface area contributed by atoms with Crippen LogP contribution in [0.4, 0.5) is 8.78 Å². The number of nitrogens with zero attached hydrogens (tertiary/aromatic N) is 2. The topological polar surface area (TPSA) is 92.1 Å². The maximum atomic E-state index is 13.8. The minimum absolute atomic E-state index is 0.0166. The Bertz CT molecular complexity index is 987. The second-order valence-electron chi connectivity index (χ2n) is 7.23. The van der Waals surface area contributed by atoms with Crippen molar-refractivity contribution in [2.24, 2.45) is 5.92 Å². The lowest BCUT2D eigenvalue weighted by molar-refractivity contribution is -0.0660. The van der Waals surface area contributed by atoms with Gasteiger partial charge in [-0.05, 0) is 42.8 Å². The van der Waals surface area contributed by atoms with E-state index in [0.717, 1.165) is 11.8 Å². The summed E-state index contributed by atoms with van der Waals surface area (Å²) in [5.74, 6) is -2.96. The van der Waals surface area contributed by atoms with Crippen molar-refractivity contribution in [2.75, 3.05) is 12.9 Å². The molecule has 0 aliphatic heterocycles. The van der Waals surface area contributed by atoms with Crippen molar-refractivity contribution in [2.45, 2.75) is 31.2 Å². The molecule has 1 saturated carbocycles. The van der Waals surface area contributed by atoms with E-state index in [0.29, 0.717) is 17.0 Å². The molecule has 1 N–H and O–H groups in total. The molecule has 1 aliphatic carbocycles. The fourth-order valence-corrected chi connectivity index (χ4v) is 4.25. The molecule has 154 valence electrons. The van der Waals surface area contributed by atoms with E-state index < -0.39 is 34.3 Å². The average molecular weight is 421 g/mol. The zero-order valence-corrected chi connectivity index (χ0v) is 16.6. The number of benzene rings is 1. The molecule has 1 aromatic carbocycles. The van der Waals surface area contributed by atoms with Gasteiger partial charge in [-0.25, -0.2) is 21.9 Å². The molecule has 2 unspecified atom stereocenters. The van der Waals surface area contributed by atoms with Gasteiger partial charge in [0.25, 0.3) is 0 Å². The molecular weight excluding hydrogens is 400 g/mol. The van der Waals surface area contributed by atoms with Gasteiger partial charge in [0.2, 0.25) is 15.9 Å². The first kappa shape index (κ1) is 21.1. The molecular formula is C20H21F2N3O3S. The van der Waals surface area contributed by atoms with E-state index in [2.05, 4.69) is 9.71 Å². The number of nitrogens with one attached hydrogen (secondary N) is 1. The van der Waals surface area contributed by atoms with E-state index in [1.54, 1.807) is 36.4 Å².